The van der Waals surface area contributed by atoms with E-state index in [9.17, 15) is 19.2 Å². The van der Waals surface area contributed by atoms with Crippen LogP contribution in [0.2, 0.25) is 0 Å². The number of ether oxygens (including phenoxy) is 2. The van der Waals surface area contributed by atoms with Gasteiger partial charge in [-0.25, -0.2) is 0 Å². The molecule has 0 aromatic heterocycles. The Hall–Kier alpha value is -1.80. The number of likely N-dealkylation sites (N-methyl/N-ethyl adjacent to an activating group) is 2. The molecule has 36 heavy (non-hydrogen) atoms. The number of nitrogens with zero attached hydrogens (tertiary/aromatic N) is 2. The molecule has 214 valence electrons. The molecule has 0 saturated carbocycles. The number of Topliss-reactive ketones (excluding diaryl/α,β-unsaturated/α-hetero) is 2. The van der Waals surface area contributed by atoms with Crippen molar-refractivity contribution >= 4 is 23.4 Å². The molecule has 0 bridgehead atoms. The lowest BCUT2D eigenvalue weighted by Crippen LogP contribution is -2.44. The number of amides is 2. The van der Waals surface area contributed by atoms with Gasteiger partial charge in [-0.05, 0) is 26.2 Å². The molecule has 0 heterocycles. The summed E-state index contributed by atoms with van der Waals surface area (Å²) in [5, 5.41) is 0. The van der Waals surface area contributed by atoms with E-state index in [1.54, 1.807) is 23.9 Å². The standard InChI is InChI=1S/C14H27NO3.C13H25NO3.CH4/c1-13(2,3)10-15(7)12(17)9-18-8-11(16)14(4,5)6;1-12(2,3)10(15)8-17-9-11(16)14(7)13(4,5)6;/h8-10H2,1-7H3;8-9H2,1-7H3;1H4. The molecule has 0 unspecified atom stereocenters. The molecule has 0 aliphatic rings. The molecule has 0 radical (unpaired) electrons. The minimum absolute atomic E-state index is 0. The Bertz CT molecular complexity index is 704. The van der Waals surface area contributed by atoms with Crippen molar-refractivity contribution in [2.45, 2.75) is 96.1 Å². The van der Waals surface area contributed by atoms with Crippen LogP contribution < -0.4 is 0 Å². The fourth-order valence-corrected chi connectivity index (χ4v) is 2.28. The second-order valence-corrected chi connectivity index (χ2v) is 13.3. The van der Waals surface area contributed by atoms with Gasteiger partial charge in [-0.3, -0.25) is 19.2 Å². The highest BCUT2D eigenvalue weighted by molar-refractivity contribution is 5.86. The van der Waals surface area contributed by atoms with E-state index in [4.69, 9.17) is 9.47 Å². The third-order valence-corrected chi connectivity index (χ3v) is 5.11. The third-order valence-electron chi connectivity index (χ3n) is 5.11. The smallest absolute Gasteiger partial charge is 0.248 e. The summed E-state index contributed by atoms with van der Waals surface area (Å²) in [5.41, 5.74) is -1.00. The first-order chi connectivity index (χ1) is 15.4. The van der Waals surface area contributed by atoms with E-state index >= 15 is 0 Å². The van der Waals surface area contributed by atoms with E-state index in [1.807, 2.05) is 62.3 Å². The van der Waals surface area contributed by atoms with Crippen LogP contribution in [0.3, 0.4) is 0 Å². The van der Waals surface area contributed by atoms with Gasteiger partial charge >= 0.3 is 0 Å². The van der Waals surface area contributed by atoms with Crippen molar-refractivity contribution in [3.8, 4) is 0 Å². The molecule has 0 rings (SSSR count). The van der Waals surface area contributed by atoms with E-state index < -0.39 is 10.8 Å². The Morgan fingerprint density at radius 1 is 0.583 bits per heavy atom. The van der Waals surface area contributed by atoms with Crippen LogP contribution in [-0.2, 0) is 28.7 Å². The monoisotopic (exact) mass is 516 g/mol. The topological polar surface area (TPSA) is 93.2 Å². The predicted molar refractivity (Wildman–Crippen MR) is 147 cm³/mol. The van der Waals surface area contributed by atoms with Gasteiger partial charge in [0.1, 0.15) is 26.4 Å². The lowest BCUT2D eigenvalue weighted by atomic mass is 9.91. The Morgan fingerprint density at radius 2 is 0.917 bits per heavy atom. The van der Waals surface area contributed by atoms with E-state index in [1.165, 1.54) is 0 Å². The van der Waals surface area contributed by atoms with Crippen molar-refractivity contribution < 1.29 is 28.7 Å². The van der Waals surface area contributed by atoms with Crippen molar-refractivity contribution in [1.29, 1.82) is 0 Å². The molecule has 0 spiro atoms. The first kappa shape index (κ1) is 38.7. The van der Waals surface area contributed by atoms with Crippen molar-refractivity contribution in [1.82, 2.24) is 9.80 Å². The average molecular weight is 517 g/mol. The van der Waals surface area contributed by atoms with E-state index in [-0.39, 0.29) is 68.2 Å². The van der Waals surface area contributed by atoms with Crippen LogP contribution in [0.1, 0.15) is 90.5 Å². The maximum atomic E-state index is 11.7. The van der Waals surface area contributed by atoms with Crippen LogP contribution in [0, 0.1) is 16.2 Å². The first-order valence-electron chi connectivity index (χ1n) is 12.1. The highest BCUT2D eigenvalue weighted by Gasteiger charge is 2.25. The van der Waals surface area contributed by atoms with Crippen LogP contribution in [-0.4, -0.2) is 85.8 Å². The van der Waals surface area contributed by atoms with Crippen molar-refractivity contribution in [2.75, 3.05) is 47.1 Å². The third kappa shape index (κ3) is 18.5. The zero-order valence-corrected chi connectivity index (χ0v) is 24.9. The molecule has 0 aromatic carbocycles. The van der Waals surface area contributed by atoms with Gasteiger partial charge in [0.25, 0.3) is 0 Å². The minimum atomic E-state index is -0.418. The first-order valence-corrected chi connectivity index (χ1v) is 12.1. The average Bonchev–Trinajstić information content (AvgIpc) is 2.63. The van der Waals surface area contributed by atoms with Crippen LogP contribution in [0.15, 0.2) is 0 Å². The molecule has 0 aliphatic heterocycles. The quantitative estimate of drug-likeness (QED) is 0.443. The normalized spacial score (nSPS) is 12.1. The van der Waals surface area contributed by atoms with Crippen LogP contribution in [0.25, 0.3) is 0 Å². The van der Waals surface area contributed by atoms with E-state index in [0.717, 1.165) is 0 Å². The second kappa shape index (κ2) is 15.5. The van der Waals surface area contributed by atoms with Gasteiger partial charge in [0, 0.05) is 37.0 Å². The van der Waals surface area contributed by atoms with E-state index in [2.05, 4.69) is 20.8 Å². The summed E-state index contributed by atoms with van der Waals surface area (Å²) < 4.78 is 10.3. The number of rotatable bonds is 9. The molecular weight excluding hydrogens is 460 g/mol. The molecule has 0 fully saturated rings. The van der Waals surface area contributed by atoms with Crippen LogP contribution >= 0.6 is 0 Å². The SMILES string of the molecule is C.CN(C(=O)COCC(=O)C(C)(C)C)C(C)(C)C.CN(CC(C)(C)C)C(=O)COCC(=O)C(C)(C)C. The fraction of sp³-hybridized carbons (Fsp3) is 0.857. The Morgan fingerprint density at radius 3 is 1.19 bits per heavy atom. The second-order valence-electron chi connectivity index (χ2n) is 13.3. The van der Waals surface area contributed by atoms with E-state index in [0.29, 0.717) is 6.54 Å². The van der Waals surface area contributed by atoms with Crippen molar-refractivity contribution in [3.63, 3.8) is 0 Å². The maximum absolute atomic E-state index is 11.7. The summed E-state index contributed by atoms with van der Waals surface area (Å²) in [6.45, 7) is 23.7. The Kier molecular flexibility index (Phi) is 16.6. The summed E-state index contributed by atoms with van der Waals surface area (Å²) in [7, 11) is 3.49. The molecule has 0 N–H and O–H groups in total. The lowest BCUT2D eigenvalue weighted by Gasteiger charge is -2.32. The summed E-state index contributed by atoms with van der Waals surface area (Å²) in [5.74, 6) is -0.191. The largest absolute Gasteiger partial charge is 0.364 e. The summed E-state index contributed by atoms with van der Waals surface area (Å²) >= 11 is 0. The molecule has 0 saturated heterocycles. The Balaban J connectivity index is -0.000000590. The fourth-order valence-electron chi connectivity index (χ4n) is 2.28. The summed E-state index contributed by atoms with van der Waals surface area (Å²) in [4.78, 5) is 49.9. The number of carbonyl (C=O) groups is 4. The van der Waals surface area contributed by atoms with Crippen molar-refractivity contribution in [3.05, 3.63) is 0 Å². The predicted octanol–water partition coefficient (Wildman–Crippen LogP) is 4.63. The lowest BCUT2D eigenvalue weighted by molar-refractivity contribution is -0.142. The van der Waals surface area contributed by atoms with Crippen LogP contribution in [0.4, 0.5) is 0 Å². The van der Waals surface area contributed by atoms with Gasteiger partial charge in [-0.15, -0.1) is 0 Å². The van der Waals surface area contributed by atoms with Gasteiger partial charge < -0.3 is 19.3 Å². The number of hydrogen-bond donors (Lipinski definition) is 0. The maximum Gasteiger partial charge on any atom is 0.248 e. The number of hydrogen-bond acceptors (Lipinski definition) is 6. The van der Waals surface area contributed by atoms with Gasteiger partial charge in [0.15, 0.2) is 11.6 Å². The zero-order valence-electron chi connectivity index (χ0n) is 24.9. The summed E-state index contributed by atoms with van der Waals surface area (Å²) in [6.07, 6.45) is 0. The molecule has 8 nitrogen and oxygen atoms in total. The Labute approximate surface area is 221 Å². The number of ketones is 2. The molecule has 8 heteroatoms. The van der Waals surface area contributed by atoms with Gasteiger partial charge in [0.2, 0.25) is 11.8 Å². The van der Waals surface area contributed by atoms with Gasteiger partial charge in [0.05, 0.1) is 0 Å². The minimum Gasteiger partial charge on any atom is -0.364 e. The molecule has 0 aliphatic carbocycles. The van der Waals surface area contributed by atoms with Crippen molar-refractivity contribution in [2.24, 2.45) is 16.2 Å². The zero-order chi connectivity index (χ0) is 28.4. The van der Waals surface area contributed by atoms with Gasteiger partial charge in [-0.1, -0.05) is 69.7 Å². The molecule has 0 aromatic rings. The molecule has 0 atom stereocenters. The summed E-state index contributed by atoms with van der Waals surface area (Å²) in [6, 6.07) is 0. The number of carbonyl (C=O) groups excluding carboxylic acids is 4. The molecule has 2 amide bonds. The highest BCUT2D eigenvalue weighted by atomic mass is 16.5. The molecular formula is C28H56N2O6. The van der Waals surface area contributed by atoms with Crippen LogP contribution in [0.5, 0.6) is 0 Å². The van der Waals surface area contributed by atoms with Gasteiger partial charge in [-0.2, -0.15) is 0 Å². The highest BCUT2D eigenvalue weighted by Crippen LogP contribution is 2.16.